The van der Waals surface area contributed by atoms with E-state index in [1.165, 1.54) is 19.2 Å². The van der Waals surface area contributed by atoms with Gasteiger partial charge in [0, 0.05) is 18.1 Å². The van der Waals surface area contributed by atoms with Crippen LogP contribution in [0.4, 0.5) is 0 Å². The predicted molar refractivity (Wildman–Crippen MR) is 98.2 cm³/mol. The first-order valence-corrected chi connectivity index (χ1v) is 8.84. The topological polar surface area (TPSA) is 121 Å². The Morgan fingerprint density at radius 1 is 1.04 bits per heavy atom. The van der Waals surface area contributed by atoms with Crippen molar-refractivity contribution in [1.82, 2.24) is 0 Å². The molecule has 0 amide bonds. The smallest absolute Gasteiger partial charge is 0.202 e. The molecule has 0 saturated heterocycles. The summed E-state index contributed by atoms with van der Waals surface area (Å²) in [6.45, 7) is 1.75. The Morgan fingerprint density at radius 3 is 2.30 bits per heavy atom. The summed E-state index contributed by atoms with van der Waals surface area (Å²) in [5, 5.41) is 30.9. The first-order valence-electron chi connectivity index (χ1n) is 8.05. The lowest BCUT2D eigenvalue weighted by molar-refractivity contribution is 0.0951. The Kier molecular flexibility index (Phi) is 4.69. The normalized spacial score (nSPS) is 12.6. The summed E-state index contributed by atoms with van der Waals surface area (Å²) in [5.41, 5.74) is -1.61. The summed E-state index contributed by atoms with van der Waals surface area (Å²) < 4.78 is 4.75. The van der Waals surface area contributed by atoms with Crippen LogP contribution in [-0.2, 0) is 0 Å². The highest BCUT2D eigenvalue weighted by molar-refractivity contribution is 9.10. The van der Waals surface area contributed by atoms with Crippen LogP contribution < -0.4 is 4.74 Å². The lowest BCUT2D eigenvalue weighted by atomic mass is 9.79. The van der Waals surface area contributed by atoms with Crippen molar-refractivity contribution in [2.75, 3.05) is 7.11 Å². The highest BCUT2D eigenvalue weighted by atomic mass is 79.9. The van der Waals surface area contributed by atoms with E-state index in [1.807, 2.05) is 0 Å². The highest BCUT2D eigenvalue weighted by Gasteiger charge is 2.40. The number of ether oxygens (including phenoxy) is 1. The van der Waals surface area contributed by atoms with Gasteiger partial charge in [0.1, 0.15) is 27.5 Å². The first-order chi connectivity index (χ1) is 12.7. The molecule has 3 N–H and O–H groups in total. The Bertz CT molecular complexity index is 1020. The van der Waals surface area contributed by atoms with E-state index in [9.17, 15) is 29.7 Å². The van der Waals surface area contributed by atoms with Crippen LogP contribution in [0.3, 0.4) is 0 Å². The SMILES string of the molecule is CCCC(=O)c1c(O)c(Br)c(O)c2c1C(=O)c1cc(OC)cc(O)c1C2=O. The van der Waals surface area contributed by atoms with Gasteiger partial charge in [-0.05, 0) is 28.4 Å². The van der Waals surface area contributed by atoms with Crippen molar-refractivity contribution in [2.45, 2.75) is 19.8 Å². The summed E-state index contributed by atoms with van der Waals surface area (Å²) in [6.07, 6.45) is 0.494. The molecule has 2 aromatic rings. The number of fused-ring (bicyclic) bond motifs is 2. The number of hydrogen-bond acceptors (Lipinski definition) is 7. The van der Waals surface area contributed by atoms with Gasteiger partial charge in [-0.25, -0.2) is 0 Å². The Hall–Kier alpha value is -2.87. The zero-order chi connectivity index (χ0) is 20.0. The number of halogens is 1. The molecule has 1 aliphatic rings. The summed E-state index contributed by atoms with van der Waals surface area (Å²) in [4.78, 5) is 38.6. The number of phenolic OH excluding ortho intramolecular Hbond substituents is 3. The number of phenols is 3. The number of aromatic hydroxyl groups is 3. The van der Waals surface area contributed by atoms with Crippen molar-refractivity contribution in [2.24, 2.45) is 0 Å². The summed E-state index contributed by atoms with van der Waals surface area (Å²) in [5.74, 6) is -3.77. The zero-order valence-corrected chi connectivity index (χ0v) is 16.0. The molecule has 140 valence electrons. The van der Waals surface area contributed by atoms with Crippen LogP contribution >= 0.6 is 15.9 Å². The van der Waals surface area contributed by atoms with Gasteiger partial charge in [0.25, 0.3) is 0 Å². The molecule has 0 radical (unpaired) electrons. The third kappa shape index (κ3) is 2.68. The van der Waals surface area contributed by atoms with Gasteiger partial charge >= 0.3 is 0 Å². The van der Waals surface area contributed by atoms with Crippen molar-refractivity contribution >= 4 is 33.3 Å². The molecule has 0 unspecified atom stereocenters. The van der Waals surface area contributed by atoms with Crippen LogP contribution in [0.2, 0.25) is 0 Å². The fraction of sp³-hybridized carbons (Fsp3) is 0.211. The first kappa shape index (κ1) is 18.9. The fourth-order valence-electron chi connectivity index (χ4n) is 3.16. The van der Waals surface area contributed by atoms with Gasteiger partial charge in [-0.2, -0.15) is 0 Å². The maximum atomic E-state index is 13.1. The summed E-state index contributed by atoms with van der Waals surface area (Å²) in [6, 6.07) is 2.44. The molecule has 1 aliphatic carbocycles. The van der Waals surface area contributed by atoms with E-state index in [2.05, 4.69) is 15.9 Å². The van der Waals surface area contributed by atoms with Crippen molar-refractivity contribution in [3.63, 3.8) is 0 Å². The molecule has 27 heavy (non-hydrogen) atoms. The van der Waals surface area contributed by atoms with E-state index in [1.54, 1.807) is 6.92 Å². The van der Waals surface area contributed by atoms with E-state index in [0.29, 0.717) is 6.42 Å². The van der Waals surface area contributed by atoms with E-state index < -0.39 is 40.2 Å². The van der Waals surface area contributed by atoms with E-state index in [0.717, 1.165) is 0 Å². The molecule has 7 nitrogen and oxygen atoms in total. The van der Waals surface area contributed by atoms with Gasteiger partial charge < -0.3 is 20.1 Å². The van der Waals surface area contributed by atoms with Crippen molar-refractivity contribution in [3.05, 3.63) is 44.4 Å². The predicted octanol–water partition coefficient (Wildman–Crippen LogP) is 3.33. The zero-order valence-electron chi connectivity index (χ0n) is 14.4. The van der Waals surface area contributed by atoms with Crippen molar-refractivity contribution in [3.8, 4) is 23.0 Å². The Balaban J connectivity index is 2.42. The Morgan fingerprint density at radius 2 is 1.70 bits per heavy atom. The average Bonchev–Trinajstić information content (AvgIpc) is 2.63. The Labute approximate surface area is 162 Å². The minimum atomic E-state index is -0.830. The standard InChI is InChI=1S/C19H15BrO7/c1-3-4-9(21)12-13-14(19(26)15(20)18(12)25)17(24)11-8(16(13)23)5-7(27-2)6-10(11)22/h5-6,22,25-26H,3-4H2,1-2H3. The maximum Gasteiger partial charge on any atom is 0.202 e. The molecule has 0 spiro atoms. The maximum absolute atomic E-state index is 13.1. The number of ketones is 3. The number of hydrogen-bond donors (Lipinski definition) is 3. The van der Waals surface area contributed by atoms with Crippen LogP contribution in [0.25, 0.3) is 0 Å². The summed E-state index contributed by atoms with van der Waals surface area (Å²) in [7, 11) is 1.33. The van der Waals surface area contributed by atoms with Gasteiger partial charge in [0.15, 0.2) is 11.6 Å². The molecule has 0 fully saturated rings. The molecule has 8 heteroatoms. The minimum absolute atomic E-state index is 0.0366. The third-order valence-corrected chi connectivity index (χ3v) is 5.15. The van der Waals surface area contributed by atoms with Crippen LogP contribution in [-0.4, -0.2) is 39.8 Å². The fourth-order valence-corrected chi connectivity index (χ4v) is 3.56. The number of carbonyl (C=O) groups is 3. The number of benzene rings is 2. The van der Waals surface area contributed by atoms with Crippen LogP contribution in [0.15, 0.2) is 16.6 Å². The molecule has 3 rings (SSSR count). The monoisotopic (exact) mass is 434 g/mol. The van der Waals surface area contributed by atoms with E-state index >= 15 is 0 Å². The lowest BCUT2D eigenvalue weighted by Crippen LogP contribution is -2.25. The molecule has 2 aromatic carbocycles. The van der Waals surface area contributed by atoms with Crippen molar-refractivity contribution in [1.29, 1.82) is 0 Å². The summed E-state index contributed by atoms with van der Waals surface area (Å²) >= 11 is 2.96. The molecular weight excluding hydrogens is 420 g/mol. The second kappa shape index (κ2) is 6.70. The van der Waals surface area contributed by atoms with Crippen molar-refractivity contribution < 1.29 is 34.4 Å². The van der Waals surface area contributed by atoms with Gasteiger partial charge in [0.05, 0.1) is 29.4 Å². The molecule has 0 atom stereocenters. The number of carbonyl (C=O) groups excluding carboxylic acids is 3. The number of Topliss-reactive ketones (excluding diaryl/α,β-unsaturated/α-hetero) is 1. The second-order valence-electron chi connectivity index (χ2n) is 6.04. The number of methoxy groups -OCH3 is 1. The molecule has 0 saturated carbocycles. The quantitative estimate of drug-likeness (QED) is 0.538. The molecule has 0 aliphatic heterocycles. The largest absolute Gasteiger partial charge is 0.507 e. The third-order valence-electron chi connectivity index (χ3n) is 4.40. The number of rotatable bonds is 4. The highest BCUT2D eigenvalue weighted by Crippen LogP contribution is 2.47. The second-order valence-corrected chi connectivity index (χ2v) is 6.83. The van der Waals surface area contributed by atoms with Gasteiger partial charge in [-0.1, -0.05) is 6.92 Å². The lowest BCUT2D eigenvalue weighted by Gasteiger charge is -2.23. The molecular formula is C19H15BrO7. The minimum Gasteiger partial charge on any atom is -0.507 e. The van der Waals surface area contributed by atoms with Crippen LogP contribution in [0.1, 0.15) is 62.0 Å². The molecule has 0 bridgehead atoms. The average molecular weight is 435 g/mol. The van der Waals surface area contributed by atoms with Gasteiger partial charge in [-0.15, -0.1) is 0 Å². The van der Waals surface area contributed by atoms with E-state index in [4.69, 9.17) is 4.74 Å². The van der Waals surface area contributed by atoms with Crippen LogP contribution in [0, 0.1) is 0 Å². The van der Waals surface area contributed by atoms with Gasteiger partial charge in [-0.3, -0.25) is 14.4 Å². The van der Waals surface area contributed by atoms with E-state index in [-0.39, 0.29) is 38.9 Å². The molecule has 0 heterocycles. The van der Waals surface area contributed by atoms with Gasteiger partial charge in [0.2, 0.25) is 5.78 Å². The molecule has 0 aromatic heterocycles. The van der Waals surface area contributed by atoms with Crippen LogP contribution in [0.5, 0.6) is 23.0 Å².